The number of carbonyl (C=O) groups is 1. The Kier molecular flexibility index (Phi) is 5.22. The molecule has 0 aliphatic heterocycles. The summed E-state index contributed by atoms with van der Waals surface area (Å²) in [5, 5.41) is 4.14. The van der Waals surface area contributed by atoms with E-state index in [1.54, 1.807) is 6.20 Å². The molecule has 0 radical (unpaired) electrons. The Labute approximate surface area is 112 Å². The lowest BCUT2D eigenvalue weighted by Crippen LogP contribution is -2.54. The van der Waals surface area contributed by atoms with Crippen molar-refractivity contribution in [3.05, 3.63) is 12.4 Å². The van der Waals surface area contributed by atoms with E-state index in [0.29, 0.717) is 5.75 Å². The number of imidazole rings is 1. The van der Waals surface area contributed by atoms with Crippen LogP contribution in [-0.2, 0) is 16.6 Å². The van der Waals surface area contributed by atoms with Gasteiger partial charge in [-0.05, 0) is 20.8 Å². The Hall–Kier alpha value is -1.01. The third-order valence-corrected chi connectivity index (χ3v) is 3.88. The molecule has 0 saturated heterocycles. The van der Waals surface area contributed by atoms with Gasteiger partial charge < -0.3 is 9.30 Å². The molecule has 6 heteroatoms. The normalized spacial score (nSPS) is 14.6. The summed E-state index contributed by atoms with van der Waals surface area (Å²) >= 11 is 1.53. The summed E-state index contributed by atoms with van der Waals surface area (Å²) in [6, 6.07) is 0.205. The zero-order valence-electron chi connectivity index (χ0n) is 11.6. The minimum Gasteiger partial charge on any atom is -0.468 e. The molecule has 0 amide bonds. The molecule has 0 aromatic carbocycles. The Balaban J connectivity index is 2.73. The molecular weight excluding hydrogens is 250 g/mol. The lowest BCUT2D eigenvalue weighted by Gasteiger charge is -2.29. The molecule has 0 saturated carbocycles. The fourth-order valence-electron chi connectivity index (χ4n) is 1.72. The number of ether oxygens (including phenoxy) is 1. The van der Waals surface area contributed by atoms with E-state index in [9.17, 15) is 4.79 Å². The van der Waals surface area contributed by atoms with Gasteiger partial charge in [0.05, 0.1) is 7.11 Å². The molecule has 1 heterocycles. The second kappa shape index (κ2) is 6.24. The summed E-state index contributed by atoms with van der Waals surface area (Å²) in [4.78, 5) is 16.1. The van der Waals surface area contributed by atoms with Crippen LogP contribution in [0.25, 0.3) is 0 Å². The summed E-state index contributed by atoms with van der Waals surface area (Å²) in [6.07, 6.45) is 3.63. The summed E-state index contributed by atoms with van der Waals surface area (Å²) in [6.45, 7) is 5.87. The van der Waals surface area contributed by atoms with E-state index in [0.717, 1.165) is 5.16 Å². The van der Waals surface area contributed by atoms with Gasteiger partial charge in [-0.1, -0.05) is 11.8 Å². The Morgan fingerprint density at radius 3 is 2.78 bits per heavy atom. The highest BCUT2D eigenvalue weighted by molar-refractivity contribution is 7.99. The molecule has 1 N–H and O–H groups in total. The van der Waals surface area contributed by atoms with Crippen molar-refractivity contribution in [3.8, 4) is 0 Å². The molecule has 1 aromatic heterocycles. The predicted molar refractivity (Wildman–Crippen MR) is 72.6 cm³/mol. The van der Waals surface area contributed by atoms with Crippen LogP contribution in [0.3, 0.4) is 0 Å². The van der Waals surface area contributed by atoms with Crippen LogP contribution in [0.4, 0.5) is 0 Å². The lowest BCUT2D eigenvalue weighted by molar-refractivity contribution is -0.147. The average molecular weight is 271 g/mol. The van der Waals surface area contributed by atoms with E-state index in [-0.39, 0.29) is 12.0 Å². The zero-order chi connectivity index (χ0) is 13.8. The second-order valence-corrected chi connectivity index (χ2v) is 5.67. The maximum absolute atomic E-state index is 11.9. The molecule has 5 nitrogen and oxygen atoms in total. The summed E-state index contributed by atoms with van der Waals surface area (Å²) in [7, 11) is 3.34. The SMILES string of the molecule is COC(=O)C(C)(CSc1nccn1C)NC(C)C. The van der Waals surface area contributed by atoms with Crippen molar-refractivity contribution >= 4 is 17.7 Å². The van der Waals surface area contributed by atoms with E-state index in [1.165, 1.54) is 18.9 Å². The molecule has 0 spiro atoms. The molecule has 18 heavy (non-hydrogen) atoms. The van der Waals surface area contributed by atoms with Crippen LogP contribution in [0, 0.1) is 0 Å². The zero-order valence-corrected chi connectivity index (χ0v) is 12.4. The van der Waals surface area contributed by atoms with Crippen LogP contribution < -0.4 is 5.32 Å². The minimum absolute atomic E-state index is 0.205. The highest BCUT2D eigenvalue weighted by Gasteiger charge is 2.35. The number of aryl methyl sites for hydroxylation is 1. The number of rotatable bonds is 6. The van der Waals surface area contributed by atoms with Crippen molar-refractivity contribution in [2.75, 3.05) is 12.9 Å². The molecule has 1 unspecified atom stereocenters. The third-order valence-electron chi connectivity index (χ3n) is 2.51. The number of carbonyl (C=O) groups excluding carboxylic acids is 1. The highest BCUT2D eigenvalue weighted by Crippen LogP contribution is 2.22. The number of hydrogen-bond acceptors (Lipinski definition) is 5. The number of nitrogens with one attached hydrogen (secondary N) is 1. The summed E-state index contributed by atoms with van der Waals surface area (Å²) in [5.74, 6) is 0.320. The van der Waals surface area contributed by atoms with Crippen molar-refractivity contribution in [1.82, 2.24) is 14.9 Å². The number of esters is 1. The smallest absolute Gasteiger partial charge is 0.326 e. The van der Waals surface area contributed by atoms with Crippen LogP contribution in [0.2, 0.25) is 0 Å². The molecule has 102 valence electrons. The van der Waals surface area contributed by atoms with Crippen LogP contribution in [0.5, 0.6) is 0 Å². The summed E-state index contributed by atoms with van der Waals surface area (Å²) in [5.41, 5.74) is -0.709. The van der Waals surface area contributed by atoms with Gasteiger partial charge in [0.2, 0.25) is 0 Å². The first-order valence-electron chi connectivity index (χ1n) is 5.85. The van der Waals surface area contributed by atoms with Gasteiger partial charge in [0.15, 0.2) is 5.16 Å². The van der Waals surface area contributed by atoms with Gasteiger partial charge in [-0.3, -0.25) is 10.1 Å². The second-order valence-electron chi connectivity index (χ2n) is 4.73. The van der Waals surface area contributed by atoms with Crippen molar-refractivity contribution in [1.29, 1.82) is 0 Å². The minimum atomic E-state index is -0.709. The number of aromatic nitrogens is 2. The van der Waals surface area contributed by atoms with E-state index in [4.69, 9.17) is 4.74 Å². The Bertz CT molecular complexity index is 406. The molecule has 1 rings (SSSR count). The van der Waals surface area contributed by atoms with Crippen molar-refractivity contribution in [2.24, 2.45) is 7.05 Å². The number of hydrogen-bond donors (Lipinski definition) is 1. The van der Waals surface area contributed by atoms with Gasteiger partial charge in [-0.25, -0.2) is 4.98 Å². The maximum Gasteiger partial charge on any atom is 0.326 e. The first-order valence-corrected chi connectivity index (χ1v) is 6.84. The fourth-order valence-corrected chi connectivity index (χ4v) is 2.74. The molecule has 1 aromatic rings. The third kappa shape index (κ3) is 3.74. The highest BCUT2D eigenvalue weighted by atomic mass is 32.2. The number of nitrogens with zero attached hydrogens (tertiary/aromatic N) is 2. The standard InChI is InChI=1S/C12H21N3O2S/c1-9(2)14-12(3,10(16)17-5)8-18-11-13-6-7-15(11)4/h6-7,9,14H,8H2,1-5H3. The van der Waals surface area contributed by atoms with Crippen molar-refractivity contribution in [2.45, 2.75) is 37.5 Å². The van der Waals surface area contributed by atoms with Gasteiger partial charge in [-0.15, -0.1) is 0 Å². The van der Waals surface area contributed by atoms with Gasteiger partial charge in [-0.2, -0.15) is 0 Å². The maximum atomic E-state index is 11.9. The summed E-state index contributed by atoms with van der Waals surface area (Å²) < 4.78 is 6.80. The molecule has 1 atom stereocenters. The monoisotopic (exact) mass is 271 g/mol. The van der Waals surface area contributed by atoms with Crippen molar-refractivity contribution < 1.29 is 9.53 Å². The van der Waals surface area contributed by atoms with Gasteiger partial charge in [0.1, 0.15) is 5.54 Å². The largest absolute Gasteiger partial charge is 0.468 e. The van der Waals surface area contributed by atoms with Gasteiger partial charge in [0.25, 0.3) is 0 Å². The molecule has 0 bridgehead atoms. The first-order chi connectivity index (χ1) is 8.39. The van der Waals surface area contributed by atoms with Crippen LogP contribution in [0.1, 0.15) is 20.8 Å². The number of methoxy groups -OCH3 is 1. The number of thioether (sulfide) groups is 1. The van der Waals surface area contributed by atoms with E-state index >= 15 is 0 Å². The van der Waals surface area contributed by atoms with E-state index in [1.807, 2.05) is 38.6 Å². The van der Waals surface area contributed by atoms with Crippen molar-refractivity contribution in [3.63, 3.8) is 0 Å². The fraction of sp³-hybridized carbons (Fsp3) is 0.667. The van der Waals surface area contributed by atoms with E-state index in [2.05, 4.69) is 10.3 Å². The average Bonchev–Trinajstić information content (AvgIpc) is 2.70. The molecule has 0 aliphatic rings. The van der Waals surface area contributed by atoms with Gasteiger partial charge >= 0.3 is 5.97 Å². The van der Waals surface area contributed by atoms with Crippen LogP contribution in [-0.4, -0.2) is 40.0 Å². The van der Waals surface area contributed by atoms with Gasteiger partial charge in [0, 0.05) is 31.2 Å². The lowest BCUT2D eigenvalue weighted by atomic mass is 10.0. The van der Waals surface area contributed by atoms with Crippen LogP contribution >= 0.6 is 11.8 Å². The molecule has 0 aliphatic carbocycles. The topological polar surface area (TPSA) is 56.1 Å². The van der Waals surface area contributed by atoms with Crippen LogP contribution in [0.15, 0.2) is 17.6 Å². The van der Waals surface area contributed by atoms with E-state index < -0.39 is 5.54 Å². The Morgan fingerprint density at radius 2 is 2.33 bits per heavy atom. The Morgan fingerprint density at radius 1 is 1.67 bits per heavy atom. The quantitative estimate of drug-likeness (QED) is 0.627. The predicted octanol–water partition coefficient (Wildman–Crippen LogP) is 1.44. The molecular formula is C12H21N3O2S. The molecule has 0 fully saturated rings. The first kappa shape index (κ1) is 15.0.